The minimum absolute atomic E-state index is 0.0156. The maximum absolute atomic E-state index is 13.4. The molecule has 1 N–H and O–H groups in total. The van der Waals surface area contributed by atoms with Crippen molar-refractivity contribution in [3.63, 3.8) is 0 Å². The first-order valence-electron chi connectivity index (χ1n) is 4.80. The number of nitrogens with one attached hydrogen (secondary N) is 1. The zero-order valence-corrected chi connectivity index (χ0v) is 11.2. The average Bonchev–Trinajstić information content (AvgIpc) is 2.34. The molecule has 0 unspecified atom stereocenters. The van der Waals surface area contributed by atoms with Crippen LogP contribution in [0.2, 0.25) is 5.15 Å². The van der Waals surface area contributed by atoms with Gasteiger partial charge in [0.05, 0.1) is 18.1 Å². The second-order valence-electron chi connectivity index (χ2n) is 3.31. The SMILES string of the molecule is O=C(Nc1cc(Br)ccc1F)c1cncc(Cl)n1. The van der Waals surface area contributed by atoms with Crippen LogP contribution in [0, 0.1) is 5.82 Å². The molecule has 1 aromatic carbocycles. The molecule has 1 aromatic heterocycles. The predicted molar refractivity (Wildman–Crippen MR) is 69.1 cm³/mol. The predicted octanol–water partition coefficient (Wildman–Crippen LogP) is 3.28. The van der Waals surface area contributed by atoms with Crippen LogP contribution in [0.15, 0.2) is 35.1 Å². The molecule has 1 heterocycles. The molecule has 7 heteroatoms. The summed E-state index contributed by atoms with van der Waals surface area (Å²) in [4.78, 5) is 19.3. The average molecular weight is 331 g/mol. The van der Waals surface area contributed by atoms with E-state index < -0.39 is 11.7 Å². The summed E-state index contributed by atoms with van der Waals surface area (Å²) in [6.45, 7) is 0. The Hall–Kier alpha value is -1.53. The quantitative estimate of drug-likeness (QED) is 0.919. The monoisotopic (exact) mass is 329 g/mol. The van der Waals surface area contributed by atoms with Crippen LogP contribution in [0.4, 0.5) is 10.1 Å². The molecule has 4 nitrogen and oxygen atoms in total. The molecule has 0 aliphatic carbocycles. The molecule has 0 fully saturated rings. The van der Waals surface area contributed by atoms with Crippen molar-refractivity contribution < 1.29 is 9.18 Å². The minimum Gasteiger partial charge on any atom is -0.318 e. The summed E-state index contributed by atoms with van der Waals surface area (Å²) < 4.78 is 14.1. The first-order chi connectivity index (χ1) is 8.56. The normalized spacial score (nSPS) is 10.2. The van der Waals surface area contributed by atoms with Gasteiger partial charge >= 0.3 is 0 Å². The number of carbonyl (C=O) groups is 1. The van der Waals surface area contributed by atoms with Gasteiger partial charge in [0.1, 0.15) is 16.7 Å². The number of halogens is 3. The highest BCUT2D eigenvalue weighted by molar-refractivity contribution is 9.10. The first-order valence-corrected chi connectivity index (χ1v) is 5.97. The van der Waals surface area contributed by atoms with Crippen LogP contribution in [0.3, 0.4) is 0 Å². The molecular weight excluding hydrogens is 324 g/mol. The molecule has 1 amide bonds. The van der Waals surface area contributed by atoms with Gasteiger partial charge in [0, 0.05) is 4.47 Å². The van der Waals surface area contributed by atoms with Gasteiger partial charge in [-0.25, -0.2) is 9.37 Å². The van der Waals surface area contributed by atoms with Crippen molar-refractivity contribution in [2.24, 2.45) is 0 Å². The number of nitrogens with zero attached hydrogens (tertiary/aromatic N) is 2. The number of hydrogen-bond donors (Lipinski definition) is 1. The summed E-state index contributed by atoms with van der Waals surface area (Å²) in [5, 5.41) is 2.48. The van der Waals surface area contributed by atoms with Crippen molar-refractivity contribution >= 4 is 39.1 Å². The number of aromatic nitrogens is 2. The fraction of sp³-hybridized carbons (Fsp3) is 0. The third kappa shape index (κ3) is 3.02. The Labute approximate surface area is 115 Å². The van der Waals surface area contributed by atoms with Gasteiger partial charge in [-0.1, -0.05) is 27.5 Å². The molecule has 0 saturated heterocycles. The molecule has 0 bridgehead atoms. The Morgan fingerprint density at radius 1 is 1.39 bits per heavy atom. The molecule has 0 aliphatic rings. The van der Waals surface area contributed by atoms with Gasteiger partial charge < -0.3 is 5.32 Å². The molecule has 0 aliphatic heterocycles. The molecule has 18 heavy (non-hydrogen) atoms. The molecule has 0 radical (unpaired) electrons. The smallest absolute Gasteiger partial charge is 0.276 e. The lowest BCUT2D eigenvalue weighted by atomic mass is 10.3. The van der Waals surface area contributed by atoms with Crippen molar-refractivity contribution in [2.75, 3.05) is 5.32 Å². The zero-order valence-electron chi connectivity index (χ0n) is 8.82. The van der Waals surface area contributed by atoms with E-state index in [-0.39, 0.29) is 16.5 Å². The van der Waals surface area contributed by atoms with Gasteiger partial charge in [0.25, 0.3) is 5.91 Å². The largest absolute Gasteiger partial charge is 0.318 e. The molecule has 0 saturated carbocycles. The second kappa shape index (κ2) is 5.41. The fourth-order valence-corrected chi connectivity index (χ4v) is 1.74. The highest BCUT2D eigenvalue weighted by Crippen LogP contribution is 2.20. The Kier molecular flexibility index (Phi) is 3.88. The summed E-state index contributed by atoms with van der Waals surface area (Å²) in [6, 6.07) is 4.22. The molecule has 0 spiro atoms. The van der Waals surface area contributed by atoms with Gasteiger partial charge in [-0.2, -0.15) is 0 Å². The van der Waals surface area contributed by atoms with E-state index in [1.165, 1.54) is 30.6 Å². The second-order valence-corrected chi connectivity index (χ2v) is 4.61. The van der Waals surface area contributed by atoms with E-state index in [4.69, 9.17) is 11.6 Å². The lowest BCUT2D eigenvalue weighted by molar-refractivity contribution is 0.102. The van der Waals surface area contributed by atoms with Crippen LogP contribution < -0.4 is 5.32 Å². The molecule has 92 valence electrons. The number of hydrogen-bond acceptors (Lipinski definition) is 3. The molecule has 2 rings (SSSR count). The molecule has 2 aromatic rings. The van der Waals surface area contributed by atoms with Crippen LogP contribution >= 0.6 is 27.5 Å². The standard InChI is InChI=1S/C11H6BrClFN3O/c12-6-1-2-7(14)8(3-6)17-11(18)9-4-15-5-10(13)16-9/h1-5H,(H,17,18). The van der Waals surface area contributed by atoms with Gasteiger partial charge in [-0.15, -0.1) is 0 Å². The lowest BCUT2D eigenvalue weighted by Crippen LogP contribution is -2.15. The minimum atomic E-state index is -0.581. The highest BCUT2D eigenvalue weighted by Gasteiger charge is 2.11. The third-order valence-electron chi connectivity index (χ3n) is 2.01. The Balaban J connectivity index is 2.24. The fourth-order valence-electron chi connectivity index (χ4n) is 1.23. The van der Waals surface area contributed by atoms with Crippen LogP contribution in [0.25, 0.3) is 0 Å². The topological polar surface area (TPSA) is 54.9 Å². The van der Waals surface area contributed by atoms with Gasteiger partial charge in [-0.05, 0) is 18.2 Å². The summed E-state index contributed by atoms with van der Waals surface area (Å²) >= 11 is 8.80. The van der Waals surface area contributed by atoms with Crippen molar-refractivity contribution in [3.05, 3.63) is 51.7 Å². The van der Waals surface area contributed by atoms with E-state index in [0.717, 1.165) is 0 Å². The van der Waals surface area contributed by atoms with Crippen LogP contribution in [-0.4, -0.2) is 15.9 Å². The van der Waals surface area contributed by atoms with Crippen molar-refractivity contribution in [1.29, 1.82) is 0 Å². The van der Waals surface area contributed by atoms with E-state index in [9.17, 15) is 9.18 Å². The first kappa shape index (κ1) is 12.9. The number of rotatable bonds is 2. The van der Waals surface area contributed by atoms with Crippen molar-refractivity contribution in [1.82, 2.24) is 9.97 Å². The van der Waals surface area contributed by atoms with E-state index in [0.29, 0.717) is 4.47 Å². The van der Waals surface area contributed by atoms with E-state index >= 15 is 0 Å². The number of benzene rings is 1. The molecular formula is C11H6BrClFN3O. The van der Waals surface area contributed by atoms with Crippen molar-refractivity contribution in [3.8, 4) is 0 Å². The lowest BCUT2D eigenvalue weighted by Gasteiger charge is -2.06. The maximum atomic E-state index is 13.4. The van der Waals surface area contributed by atoms with Gasteiger partial charge in [0.2, 0.25) is 0 Å². The summed E-state index contributed by atoms with van der Waals surface area (Å²) in [5.74, 6) is -1.12. The van der Waals surface area contributed by atoms with E-state index in [1.807, 2.05) is 0 Å². The summed E-state index contributed by atoms with van der Waals surface area (Å²) in [6.07, 6.45) is 2.55. The zero-order chi connectivity index (χ0) is 13.1. The van der Waals surface area contributed by atoms with Crippen LogP contribution in [0.1, 0.15) is 10.5 Å². The Bertz CT molecular complexity index is 609. The van der Waals surface area contributed by atoms with Crippen molar-refractivity contribution in [2.45, 2.75) is 0 Å². The highest BCUT2D eigenvalue weighted by atomic mass is 79.9. The van der Waals surface area contributed by atoms with Crippen LogP contribution in [0.5, 0.6) is 0 Å². The summed E-state index contributed by atoms with van der Waals surface area (Å²) in [7, 11) is 0. The Morgan fingerprint density at radius 3 is 2.89 bits per heavy atom. The maximum Gasteiger partial charge on any atom is 0.276 e. The number of anilines is 1. The van der Waals surface area contributed by atoms with Gasteiger partial charge in [-0.3, -0.25) is 9.78 Å². The van der Waals surface area contributed by atoms with Gasteiger partial charge in [0.15, 0.2) is 0 Å². The third-order valence-corrected chi connectivity index (χ3v) is 2.69. The van der Waals surface area contributed by atoms with E-state index in [2.05, 4.69) is 31.2 Å². The number of carbonyl (C=O) groups excluding carboxylic acids is 1. The Morgan fingerprint density at radius 2 is 2.17 bits per heavy atom. The summed E-state index contributed by atoms with van der Waals surface area (Å²) in [5.41, 5.74) is 0.0676. The van der Waals surface area contributed by atoms with E-state index in [1.54, 1.807) is 0 Å². The number of amides is 1. The van der Waals surface area contributed by atoms with Crippen LogP contribution in [-0.2, 0) is 0 Å². The molecule has 0 atom stereocenters.